The molecular formula is C48H40O. The highest BCUT2D eigenvalue weighted by molar-refractivity contribution is 6.30. The van der Waals surface area contributed by atoms with Gasteiger partial charge < -0.3 is 4.42 Å². The van der Waals surface area contributed by atoms with Crippen molar-refractivity contribution in [1.82, 2.24) is 0 Å². The molecule has 1 heterocycles. The smallest absolute Gasteiger partial charge is 0.143 e. The average Bonchev–Trinajstić information content (AvgIpc) is 3.49. The van der Waals surface area contributed by atoms with Gasteiger partial charge in [0.2, 0.25) is 0 Å². The zero-order valence-corrected chi connectivity index (χ0v) is 29.1. The van der Waals surface area contributed by atoms with E-state index in [1.54, 1.807) is 0 Å². The summed E-state index contributed by atoms with van der Waals surface area (Å²) < 4.78 is 6.64. The second-order valence-electron chi connectivity index (χ2n) is 15.8. The zero-order valence-electron chi connectivity index (χ0n) is 29.1. The van der Waals surface area contributed by atoms with E-state index in [2.05, 4.69) is 169 Å². The number of hydrogen-bond donors (Lipinski definition) is 0. The number of benzene rings is 8. The van der Waals surface area contributed by atoms with E-state index in [1.807, 2.05) is 6.07 Å². The van der Waals surface area contributed by atoms with Gasteiger partial charge in [0.25, 0.3) is 0 Å². The third-order valence-corrected chi connectivity index (χ3v) is 10.6. The second kappa shape index (κ2) is 10.5. The Morgan fingerprint density at radius 2 is 0.939 bits per heavy atom. The molecule has 238 valence electrons. The van der Waals surface area contributed by atoms with E-state index in [-0.39, 0.29) is 10.8 Å². The van der Waals surface area contributed by atoms with Crippen LogP contribution in [0.25, 0.3) is 87.6 Å². The van der Waals surface area contributed by atoms with Crippen LogP contribution in [0.5, 0.6) is 0 Å². The third-order valence-electron chi connectivity index (χ3n) is 10.6. The summed E-state index contributed by atoms with van der Waals surface area (Å²) in [6.45, 7) is 13.7. The van der Waals surface area contributed by atoms with E-state index in [1.165, 1.54) is 71.3 Å². The molecule has 0 aliphatic rings. The average molecular weight is 633 g/mol. The van der Waals surface area contributed by atoms with E-state index in [4.69, 9.17) is 4.42 Å². The first-order valence-electron chi connectivity index (χ1n) is 17.4. The second-order valence-corrected chi connectivity index (χ2v) is 15.8. The fourth-order valence-corrected chi connectivity index (χ4v) is 7.87. The predicted octanol–water partition coefficient (Wildman–Crippen LogP) is 14.1. The largest absolute Gasteiger partial charge is 0.455 e. The highest BCUT2D eigenvalue weighted by Crippen LogP contribution is 2.48. The third kappa shape index (κ3) is 4.67. The molecular weight excluding hydrogens is 593 g/mol. The van der Waals surface area contributed by atoms with Gasteiger partial charge in [0.05, 0.1) is 0 Å². The Bertz CT molecular complexity index is 2690. The lowest BCUT2D eigenvalue weighted by Gasteiger charge is -2.22. The van der Waals surface area contributed by atoms with Crippen molar-refractivity contribution < 1.29 is 4.42 Å². The molecule has 0 fully saturated rings. The SMILES string of the molecule is CC(C)(C)c1ccc(-c2ccc3ccc4c(-c5cccc6c5oc5ccccc56)cc(-c5ccc(C(C)(C)C)cc5)c5ccc2c3c54)cc1. The minimum atomic E-state index is 0.0881. The quantitative estimate of drug-likeness (QED) is 0.177. The number of hydrogen-bond acceptors (Lipinski definition) is 1. The molecule has 1 heteroatoms. The molecule has 0 N–H and O–H groups in total. The van der Waals surface area contributed by atoms with Gasteiger partial charge in [0, 0.05) is 16.3 Å². The van der Waals surface area contributed by atoms with Crippen molar-refractivity contribution in [3.05, 3.63) is 145 Å². The Hall–Kier alpha value is -5.40. The summed E-state index contributed by atoms with van der Waals surface area (Å²) >= 11 is 0. The normalized spacial score (nSPS) is 12.7. The van der Waals surface area contributed by atoms with Gasteiger partial charge >= 0.3 is 0 Å². The van der Waals surface area contributed by atoms with Crippen molar-refractivity contribution in [3.63, 3.8) is 0 Å². The molecule has 8 aromatic carbocycles. The maximum Gasteiger partial charge on any atom is 0.143 e. The zero-order chi connectivity index (χ0) is 33.7. The summed E-state index contributed by atoms with van der Waals surface area (Å²) in [7, 11) is 0. The summed E-state index contributed by atoms with van der Waals surface area (Å²) in [6.07, 6.45) is 0. The first-order valence-corrected chi connectivity index (χ1v) is 17.4. The van der Waals surface area contributed by atoms with E-state index in [0.717, 1.165) is 27.5 Å². The summed E-state index contributed by atoms with van der Waals surface area (Å²) in [5.74, 6) is 0. The van der Waals surface area contributed by atoms with Crippen LogP contribution in [0, 0.1) is 0 Å². The van der Waals surface area contributed by atoms with Crippen molar-refractivity contribution in [1.29, 1.82) is 0 Å². The Morgan fingerprint density at radius 3 is 1.61 bits per heavy atom. The monoisotopic (exact) mass is 632 g/mol. The molecule has 1 aromatic heterocycles. The van der Waals surface area contributed by atoms with Crippen molar-refractivity contribution in [3.8, 4) is 33.4 Å². The Labute approximate surface area is 288 Å². The minimum absolute atomic E-state index is 0.0881. The van der Waals surface area contributed by atoms with Gasteiger partial charge in [0.1, 0.15) is 11.2 Å². The number of rotatable bonds is 3. The topological polar surface area (TPSA) is 13.1 Å². The standard InChI is InChI=1S/C48H40O/c1-47(2,3)32-20-14-29(15-21-32)34-24-18-31-19-25-38-42(40-12-9-11-39-35-10-7-8-13-43(35)49-46(39)40)28-41(37-27-26-36(34)44(31)45(37)38)30-16-22-33(23-17-30)48(4,5)6/h7-28H,1-6H3. The molecule has 49 heavy (non-hydrogen) atoms. The van der Waals surface area contributed by atoms with Crippen LogP contribution in [0.4, 0.5) is 0 Å². The van der Waals surface area contributed by atoms with Crippen molar-refractivity contribution in [2.75, 3.05) is 0 Å². The Balaban J connectivity index is 1.37. The van der Waals surface area contributed by atoms with E-state index >= 15 is 0 Å². The predicted molar refractivity (Wildman–Crippen MR) is 211 cm³/mol. The lowest BCUT2D eigenvalue weighted by Crippen LogP contribution is -2.10. The van der Waals surface area contributed by atoms with E-state index < -0.39 is 0 Å². The number of para-hydroxylation sites is 2. The van der Waals surface area contributed by atoms with E-state index in [0.29, 0.717) is 0 Å². The van der Waals surface area contributed by atoms with Crippen LogP contribution in [-0.4, -0.2) is 0 Å². The van der Waals surface area contributed by atoms with Gasteiger partial charge in [-0.05, 0) is 94.2 Å². The molecule has 0 amide bonds. The molecule has 0 atom stereocenters. The van der Waals surface area contributed by atoms with Gasteiger partial charge in [-0.25, -0.2) is 0 Å². The summed E-state index contributed by atoms with van der Waals surface area (Å²) in [6, 6.07) is 49.7. The fourth-order valence-electron chi connectivity index (χ4n) is 7.87. The van der Waals surface area contributed by atoms with Crippen LogP contribution >= 0.6 is 0 Å². The van der Waals surface area contributed by atoms with Crippen molar-refractivity contribution in [2.45, 2.75) is 52.4 Å². The summed E-state index contributed by atoms with van der Waals surface area (Å²) in [4.78, 5) is 0. The van der Waals surface area contributed by atoms with Crippen molar-refractivity contribution in [2.24, 2.45) is 0 Å². The number of fused-ring (bicyclic) bond motifs is 3. The van der Waals surface area contributed by atoms with Crippen LogP contribution in [0.1, 0.15) is 52.7 Å². The molecule has 9 aromatic rings. The lowest BCUT2D eigenvalue weighted by molar-refractivity contribution is 0.590. The molecule has 0 aliphatic carbocycles. The Kier molecular flexibility index (Phi) is 6.40. The first kappa shape index (κ1) is 29.7. The molecule has 0 saturated heterocycles. The van der Waals surface area contributed by atoms with Gasteiger partial charge in [-0.2, -0.15) is 0 Å². The van der Waals surface area contributed by atoms with Crippen LogP contribution < -0.4 is 0 Å². The molecule has 0 unspecified atom stereocenters. The molecule has 1 nitrogen and oxygen atoms in total. The van der Waals surface area contributed by atoms with Gasteiger partial charge in [-0.15, -0.1) is 0 Å². The lowest BCUT2D eigenvalue weighted by atomic mass is 9.82. The van der Waals surface area contributed by atoms with E-state index in [9.17, 15) is 0 Å². The number of furan rings is 1. The highest BCUT2D eigenvalue weighted by atomic mass is 16.3. The van der Waals surface area contributed by atoms with Gasteiger partial charge in [-0.3, -0.25) is 0 Å². The molecule has 9 rings (SSSR count). The van der Waals surface area contributed by atoms with Gasteiger partial charge in [-0.1, -0.05) is 163 Å². The first-order chi connectivity index (χ1) is 23.6. The van der Waals surface area contributed by atoms with Crippen LogP contribution in [-0.2, 0) is 10.8 Å². The molecule has 0 radical (unpaired) electrons. The molecule has 0 spiro atoms. The summed E-state index contributed by atoms with van der Waals surface area (Å²) in [5, 5.41) is 9.99. The summed E-state index contributed by atoms with van der Waals surface area (Å²) in [5.41, 5.74) is 12.0. The maximum atomic E-state index is 6.64. The molecule has 0 aliphatic heterocycles. The Morgan fingerprint density at radius 1 is 0.388 bits per heavy atom. The highest BCUT2D eigenvalue weighted by Gasteiger charge is 2.22. The molecule has 0 bridgehead atoms. The van der Waals surface area contributed by atoms with Gasteiger partial charge in [0.15, 0.2) is 0 Å². The minimum Gasteiger partial charge on any atom is -0.455 e. The van der Waals surface area contributed by atoms with Crippen LogP contribution in [0.3, 0.4) is 0 Å². The molecule has 0 saturated carbocycles. The fraction of sp³-hybridized carbons (Fsp3) is 0.167. The van der Waals surface area contributed by atoms with Crippen LogP contribution in [0.2, 0.25) is 0 Å². The van der Waals surface area contributed by atoms with Crippen LogP contribution in [0.15, 0.2) is 138 Å². The van der Waals surface area contributed by atoms with Crippen molar-refractivity contribution >= 4 is 54.3 Å². The maximum absolute atomic E-state index is 6.64.